The molecule has 0 spiro atoms. The topological polar surface area (TPSA) is 0 Å². The molecule has 0 aliphatic carbocycles. The van der Waals surface area contributed by atoms with Crippen molar-refractivity contribution in [2.75, 3.05) is 0 Å². The van der Waals surface area contributed by atoms with Gasteiger partial charge in [0.1, 0.15) is 0 Å². The molecule has 0 unspecified atom stereocenters. The minimum Gasteiger partial charge on any atom is -0.0837 e. The predicted molar refractivity (Wildman–Crippen MR) is 88.9 cm³/mol. The molecule has 0 atom stereocenters. The van der Waals surface area contributed by atoms with Crippen molar-refractivity contribution in [3.8, 4) is 0 Å². The zero-order chi connectivity index (χ0) is 14.7. The van der Waals surface area contributed by atoms with E-state index >= 15 is 0 Å². The highest BCUT2D eigenvalue weighted by molar-refractivity contribution is 6.32. The average molecular weight is 287 g/mol. The van der Waals surface area contributed by atoms with E-state index in [1.54, 1.807) is 0 Å². The molecule has 0 heterocycles. The van der Waals surface area contributed by atoms with Gasteiger partial charge in [-0.25, -0.2) is 0 Å². The maximum Gasteiger partial charge on any atom is 0.0469 e. The van der Waals surface area contributed by atoms with Gasteiger partial charge in [-0.05, 0) is 66.5 Å². The van der Waals surface area contributed by atoms with Crippen molar-refractivity contribution in [3.63, 3.8) is 0 Å². The van der Waals surface area contributed by atoms with Gasteiger partial charge in [0, 0.05) is 5.02 Å². The lowest BCUT2D eigenvalue weighted by Gasteiger charge is -2.12. The molecule has 20 heavy (non-hydrogen) atoms. The summed E-state index contributed by atoms with van der Waals surface area (Å²) in [6.07, 6.45) is 3.05. The number of hydrogen-bond acceptors (Lipinski definition) is 0. The summed E-state index contributed by atoms with van der Waals surface area (Å²) in [6, 6.07) is 11.2. The van der Waals surface area contributed by atoms with Gasteiger partial charge in [-0.1, -0.05) is 55.8 Å². The lowest BCUT2D eigenvalue weighted by atomic mass is 9.95. The number of aryl methyl sites for hydroxylation is 3. The van der Waals surface area contributed by atoms with Gasteiger partial charge in [0.15, 0.2) is 0 Å². The summed E-state index contributed by atoms with van der Waals surface area (Å²) in [5.74, 6) is 0. The standard InChI is InChI=1S/C19H23Cl/c1-5-16-8-7-15(11-13(16)3)12-18-10-9-17(6-2)19(20)14(18)4/h7-11H,5-6,12H2,1-4H3. The van der Waals surface area contributed by atoms with E-state index in [0.29, 0.717) is 0 Å². The highest BCUT2D eigenvalue weighted by Gasteiger charge is 2.08. The zero-order valence-electron chi connectivity index (χ0n) is 12.9. The van der Waals surface area contributed by atoms with Gasteiger partial charge in [0.2, 0.25) is 0 Å². The first-order valence-corrected chi connectivity index (χ1v) is 7.79. The lowest BCUT2D eigenvalue weighted by Crippen LogP contribution is -1.97. The van der Waals surface area contributed by atoms with E-state index in [4.69, 9.17) is 11.6 Å². The third kappa shape index (κ3) is 3.07. The van der Waals surface area contributed by atoms with Crippen LogP contribution in [0.3, 0.4) is 0 Å². The molecular weight excluding hydrogens is 264 g/mol. The average Bonchev–Trinajstić information content (AvgIpc) is 2.44. The van der Waals surface area contributed by atoms with Gasteiger partial charge in [-0.3, -0.25) is 0 Å². The normalized spacial score (nSPS) is 10.8. The molecule has 1 heteroatoms. The number of halogens is 1. The van der Waals surface area contributed by atoms with Crippen LogP contribution in [0.2, 0.25) is 5.02 Å². The Morgan fingerprint density at radius 3 is 2.05 bits per heavy atom. The number of benzene rings is 2. The van der Waals surface area contributed by atoms with Gasteiger partial charge in [-0.2, -0.15) is 0 Å². The van der Waals surface area contributed by atoms with E-state index in [1.807, 2.05) is 0 Å². The third-order valence-corrected chi connectivity index (χ3v) is 4.67. The highest BCUT2D eigenvalue weighted by atomic mass is 35.5. The summed E-state index contributed by atoms with van der Waals surface area (Å²) >= 11 is 6.44. The second kappa shape index (κ2) is 6.45. The van der Waals surface area contributed by atoms with E-state index < -0.39 is 0 Å². The van der Waals surface area contributed by atoms with Gasteiger partial charge in [0.25, 0.3) is 0 Å². The summed E-state index contributed by atoms with van der Waals surface area (Å²) < 4.78 is 0. The first-order valence-electron chi connectivity index (χ1n) is 7.42. The second-order valence-electron chi connectivity index (χ2n) is 5.47. The predicted octanol–water partition coefficient (Wildman–Crippen LogP) is 5.67. The lowest BCUT2D eigenvalue weighted by molar-refractivity contribution is 1.07. The summed E-state index contributed by atoms with van der Waals surface area (Å²) in [5, 5.41) is 0.937. The van der Waals surface area contributed by atoms with Crippen LogP contribution in [0.1, 0.15) is 47.2 Å². The largest absolute Gasteiger partial charge is 0.0837 e. The third-order valence-electron chi connectivity index (χ3n) is 4.14. The summed E-state index contributed by atoms with van der Waals surface area (Å²) in [5.41, 5.74) is 7.98. The van der Waals surface area contributed by atoms with Crippen molar-refractivity contribution >= 4 is 11.6 Å². The van der Waals surface area contributed by atoms with Crippen molar-refractivity contribution in [1.29, 1.82) is 0 Å². The van der Waals surface area contributed by atoms with Crippen molar-refractivity contribution in [2.24, 2.45) is 0 Å². The summed E-state index contributed by atoms with van der Waals surface area (Å²) in [4.78, 5) is 0. The molecule has 2 aromatic rings. The molecule has 0 fully saturated rings. The Morgan fingerprint density at radius 2 is 1.45 bits per heavy atom. The number of hydrogen-bond donors (Lipinski definition) is 0. The SMILES string of the molecule is CCc1ccc(Cc2ccc(CC)c(Cl)c2C)cc1C. The molecule has 0 radical (unpaired) electrons. The molecule has 2 rings (SSSR count). The fraction of sp³-hybridized carbons (Fsp3) is 0.368. The van der Waals surface area contributed by atoms with E-state index in [1.165, 1.54) is 33.4 Å². The maximum atomic E-state index is 6.44. The number of rotatable bonds is 4. The Morgan fingerprint density at radius 1 is 0.850 bits per heavy atom. The molecule has 0 aromatic heterocycles. The fourth-order valence-corrected chi connectivity index (χ4v) is 3.05. The van der Waals surface area contributed by atoms with Crippen molar-refractivity contribution < 1.29 is 0 Å². The Kier molecular flexibility index (Phi) is 4.88. The van der Waals surface area contributed by atoms with Crippen LogP contribution >= 0.6 is 11.6 Å². The molecule has 0 bridgehead atoms. The fourth-order valence-electron chi connectivity index (χ4n) is 2.73. The van der Waals surface area contributed by atoms with Crippen molar-refractivity contribution in [3.05, 3.63) is 68.7 Å². The smallest absolute Gasteiger partial charge is 0.0469 e. The van der Waals surface area contributed by atoms with Crippen molar-refractivity contribution in [1.82, 2.24) is 0 Å². The molecule has 0 saturated heterocycles. The highest BCUT2D eigenvalue weighted by Crippen LogP contribution is 2.26. The molecular formula is C19H23Cl. The summed E-state index contributed by atoms with van der Waals surface area (Å²) in [6.45, 7) is 8.68. The van der Waals surface area contributed by atoms with Gasteiger partial charge >= 0.3 is 0 Å². The minimum absolute atomic E-state index is 0.937. The quantitative estimate of drug-likeness (QED) is 0.679. The van der Waals surface area contributed by atoms with Crippen LogP contribution in [0.4, 0.5) is 0 Å². The van der Waals surface area contributed by atoms with Gasteiger partial charge in [0.05, 0.1) is 0 Å². The molecule has 0 N–H and O–H groups in total. The molecule has 0 aliphatic heterocycles. The Hall–Kier alpha value is -1.27. The van der Waals surface area contributed by atoms with Gasteiger partial charge < -0.3 is 0 Å². The summed E-state index contributed by atoms with van der Waals surface area (Å²) in [7, 11) is 0. The van der Waals surface area contributed by atoms with Gasteiger partial charge in [-0.15, -0.1) is 0 Å². The molecule has 0 saturated carbocycles. The minimum atomic E-state index is 0.937. The first kappa shape index (κ1) is 15.1. The van der Waals surface area contributed by atoms with Crippen LogP contribution in [0, 0.1) is 13.8 Å². The van der Waals surface area contributed by atoms with E-state index in [2.05, 4.69) is 58.0 Å². The van der Waals surface area contributed by atoms with Crippen LogP contribution in [-0.4, -0.2) is 0 Å². The monoisotopic (exact) mass is 286 g/mol. The molecule has 0 aliphatic rings. The molecule has 2 aromatic carbocycles. The van der Waals surface area contributed by atoms with Crippen LogP contribution in [0.15, 0.2) is 30.3 Å². The van der Waals surface area contributed by atoms with E-state index in [-0.39, 0.29) is 0 Å². The van der Waals surface area contributed by atoms with Crippen LogP contribution in [-0.2, 0) is 19.3 Å². The molecule has 106 valence electrons. The van der Waals surface area contributed by atoms with E-state index in [9.17, 15) is 0 Å². The molecule has 0 amide bonds. The second-order valence-corrected chi connectivity index (χ2v) is 5.85. The Labute approximate surface area is 127 Å². The van der Waals surface area contributed by atoms with Crippen LogP contribution in [0.25, 0.3) is 0 Å². The van der Waals surface area contributed by atoms with Crippen LogP contribution in [0.5, 0.6) is 0 Å². The molecule has 0 nitrogen and oxygen atoms in total. The van der Waals surface area contributed by atoms with Crippen molar-refractivity contribution in [2.45, 2.75) is 47.0 Å². The Bertz CT molecular complexity index is 611. The van der Waals surface area contributed by atoms with Crippen LogP contribution < -0.4 is 0 Å². The zero-order valence-corrected chi connectivity index (χ0v) is 13.6. The maximum absolute atomic E-state index is 6.44. The Balaban J connectivity index is 2.31. The first-order chi connectivity index (χ1) is 9.56. The van der Waals surface area contributed by atoms with E-state index in [0.717, 1.165) is 24.3 Å².